The van der Waals surface area contributed by atoms with Crippen LogP contribution in [0.25, 0.3) is 11.1 Å². The number of rotatable bonds is 9. The third-order valence-electron chi connectivity index (χ3n) is 8.96. The van der Waals surface area contributed by atoms with Crippen molar-refractivity contribution >= 4 is 29.2 Å². The quantitative estimate of drug-likeness (QED) is 0.195. The van der Waals surface area contributed by atoms with Crippen LogP contribution in [0.4, 0.5) is 19.0 Å². The second kappa shape index (κ2) is 15.3. The molecule has 2 fully saturated rings. The first-order valence-corrected chi connectivity index (χ1v) is 16.7. The fraction of sp³-hybridized carbons (Fsp3) is 0.324. The molecule has 0 spiro atoms. The van der Waals surface area contributed by atoms with Crippen molar-refractivity contribution in [3.05, 3.63) is 113 Å². The molecule has 6 rings (SSSR count). The SMILES string of the molecule is O=C(NC1CCN(Cc2ccc(N3CCC(NC(=O)c4ccccc4)CC3)nc2)CC1)c1ccc(Cl)c(-c2ccc(OC(F)(F)F)cc2)c1. The smallest absolute Gasteiger partial charge is 0.406 e. The van der Waals surface area contributed by atoms with Crippen molar-refractivity contribution in [2.75, 3.05) is 31.1 Å². The zero-order valence-electron chi connectivity index (χ0n) is 26.8. The van der Waals surface area contributed by atoms with Gasteiger partial charge in [-0.3, -0.25) is 14.5 Å². The number of nitrogens with one attached hydrogen (secondary N) is 2. The lowest BCUT2D eigenvalue weighted by Crippen LogP contribution is -2.45. The minimum absolute atomic E-state index is 0.0163. The summed E-state index contributed by atoms with van der Waals surface area (Å²) in [6.45, 7) is 4.09. The van der Waals surface area contributed by atoms with Crippen molar-refractivity contribution in [3.63, 3.8) is 0 Å². The van der Waals surface area contributed by atoms with Crippen LogP contribution in [0.5, 0.6) is 5.75 Å². The molecule has 12 heteroatoms. The summed E-state index contributed by atoms with van der Waals surface area (Å²) >= 11 is 6.37. The monoisotopic (exact) mass is 691 g/mol. The summed E-state index contributed by atoms with van der Waals surface area (Å²) in [6, 6.07) is 23.9. The zero-order chi connectivity index (χ0) is 34.4. The zero-order valence-corrected chi connectivity index (χ0v) is 27.5. The molecule has 3 aromatic carbocycles. The number of pyridine rings is 1. The molecule has 0 bridgehead atoms. The number of carbonyl (C=O) groups excluding carboxylic acids is 2. The number of piperidine rings is 2. The number of aromatic nitrogens is 1. The lowest BCUT2D eigenvalue weighted by atomic mass is 10.0. The topological polar surface area (TPSA) is 86.8 Å². The van der Waals surface area contributed by atoms with Crippen molar-refractivity contribution in [1.29, 1.82) is 0 Å². The van der Waals surface area contributed by atoms with E-state index in [1.807, 2.05) is 36.5 Å². The van der Waals surface area contributed by atoms with Gasteiger partial charge in [-0.05, 0) is 85.3 Å². The van der Waals surface area contributed by atoms with Crippen LogP contribution in [0.1, 0.15) is 52.0 Å². The maximum absolute atomic E-state index is 13.1. The summed E-state index contributed by atoms with van der Waals surface area (Å²) in [7, 11) is 0. The molecule has 2 aliphatic rings. The second-order valence-corrected chi connectivity index (χ2v) is 12.8. The fourth-order valence-electron chi connectivity index (χ4n) is 6.29. The molecule has 2 N–H and O–H groups in total. The number of amides is 2. The van der Waals surface area contributed by atoms with Crippen molar-refractivity contribution < 1.29 is 27.5 Å². The van der Waals surface area contributed by atoms with Gasteiger partial charge in [0.2, 0.25) is 0 Å². The molecule has 0 atom stereocenters. The van der Waals surface area contributed by atoms with Crippen LogP contribution < -0.4 is 20.3 Å². The van der Waals surface area contributed by atoms with E-state index in [9.17, 15) is 22.8 Å². The average molecular weight is 692 g/mol. The highest BCUT2D eigenvalue weighted by Crippen LogP contribution is 2.32. The molecule has 2 saturated heterocycles. The summed E-state index contributed by atoms with van der Waals surface area (Å²) in [5.74, 6) is 0.351. The van der Waals surface area contributed by atoms with E-state index in [-0.39, 0.29) is 29.6 Å². The van der Waals surface area contributed by atoms with Crippen LogP contribution in [0.2, 0.25) is 5.02 Å². The number of benzene rings is 3. The highest BCUT2D eigenvalue weighted by Gasteiger charge is 2.31. The van der Waals surface area contributed by atoms with Crippen LogP contribution in [0.15, 0.2) is 91.1 Å². The molecule has 2 amide bonds. The highest BCUT2D eigenvalue weighted by atomic mass is 35.5. The van der Waals surface area contributed by atoms with Crippen LogP contribution >= 0.6 is 11.6 Å². The van der Waals surface area contributed by atoms with Crippen LogP contribution in [-0.4, -0.2) is 66.3 Å². The standard InChI is InChI=1S/C37H37ClF3N5O3/c38-33-12-9-28(22-32(33)26-7-10-31(11-8-26)49-37(39,40)41)36(48)44-29-14-18-45(19-15-29)24-25-6-13-34(42-23-25)46-20-16-30(17-21-46)43-35(47)27-4-2-1-3-5-27/h1-13,22-23,29-30H,14-21,24H2,(H,43,47)(H,44,48). The van der Waals surface area contributed by atoms with Gasteiger partial charge in [-0.2, -0.15) is 0 Å². The van der Waals surface area contributed by atoms with E-state index in [0.717, 1.165) is 69.8 Å². The molecule has 49 heavy (non-hydrogen) atoms. The minimum atomic E-state index is -4.78. The number of hydrogen-bond donors (Lipinski definition) is 2. The van der Waals surface area contributed by atoms with Gasteiger partial charge in [0, 0.05) is 72.7 Å². The summed E-state index contributed by atoms with van der Waals surface area (Å²) in [4.78, 5) is 35.0. The second-order valence-electron chi connectivity index (χ2n) is 12.4. The van der Waals surface area contributed by atoms with Crippen molar-refractivity contribution in [2.45, 2.75) is 50.7 Å². The molecule has 0 aliphatic carbocycles. The first-order chi connectivity index (χ1) is 23.6. The number of hydrogen-bond acceptors (Lipinski definition) is 6. The number of likely N-dealkylation sites (tertiary alicyclic amines) is 1. The average Bonchev–Trinajstić information content (AvgIpc) is 3.10. The summed E-state index contributed by atoms with van der Waals surface area (Å²) < 4.78 is 41.5. The molecule has 0 saturated carbocycles. The van der Waals surface area contributed by atoms with E-state index in [1.54, 1.807) is 18.2 Å². The van der Waals surface area contributed by atoms with Gasteiger partial charge in [0.25, 0.3) is 11.8 Å². The molecule has 1 aromatic heterocycles. The molecule has 3 heterocycles. The van der Waals surface area contributed by atoms with Crippen LogP contribution in [0.3, 0.4) is 0 Å². The number of alkyl halides is 3. The summed E-state index contributed by atoms with van der Waals surface area (Å²) in [5, 5.41) is 6.65. The van der Waals surface area contributed by atoms with Crippen molar-refractivity contribution in [1.82, 2.24) is 20.5 Å². The number of ether oxygens (including phenoxy) is 1. The first-order valence-electron chi connectivity index (χ1n) is 16.3. The number of anilines is 1. The largest absolute Gasteiger partial charge is 0.573 e. The van der Waals surface area contributed by atoms with Gasteiger partial charge in [0.15, 0.2) is 0 Å². The van der Waals surface area contributed by atoms with E-state index >= 15 is 0 Å². The Morgan fingerprint density at radius 3 is 2.04 bits per heavy atom. The predicted octanol–water partition coefficient (Wildman–Crippen LogP) is 7.09. The fourth-order valence-corrected chi connectivity index (χ4v) is 6.52. The molecule has 2 aliphatic heterocycles. The lowest BCUT2D eigenvalue weighted by molar-refractivity contribution is -0.274. The Labute approximate surface area is 288 Å². The molecule has 4 aromatic rings. The van der Waals surface area contributed by atoms with Gasteiger partial charge in [0.1, 0.15) is 11.6 Å². The molecule has 0 radical (unpaired) electrons. The molecule has 0 unspecified atom stereocenters. The number of halogens is 4. The van der Waals surface area contributed by atoms with Gasteiger partial charge in [-0.1, -0.05) is 48.0 Å². The van der Waals surface area contributed by atoms with Gasteiger partial charge in [-0.15, -0.1) is 13.2 Å². The van der Waals surface area contributed by atoms with Crippen LogP contribution in [0, 0.1) is 0 Å². The Bertz CT molecular complexity index is 1720. The predicted molar refractivity (Wildman–Crippen MR) is 183 cm³/mol. The Balaban J connectivity index is 0.944. The van der Waals surface area contributed by atoms with Gasteiger partial charge in [0.05, 0.1) is 0 Å². The molecular weight excluding hydrogens is 655 g/mol. The third-order valence-corrected chi connectivity index (χ3v) is 9.29. The normalized spacial score (nSPS) is 16.3. The summed E-state index contributed by atoms with van der Waals surface area (Å²) in [5.41, 5.74) is 3.34. The van der Waals surface area contributed by atoms with E-state index in [4.69, 9.17) is 16.6 Å². The molecule has 8 nitrogen and oxygen atoms in total. The highest BCUT2D eigenvalue weighted by molar-refractivity contribution is 6.33. The minimum Gasteiger partial charge on any atom is -0.406 e. The Kier molecular flexibility index (Phi) is 10.7. The van der Waals surface area contributed by atoms with Gasteiger partial charge in [-0.25, -0.2) is 4.98 Å². The summed E-state index contributed by atoms with van der Waals surface area (Å²) in [6.07, 6.45) is 0.486. The Hall–Kier alpha value is -4.61. The molecule has 256 valence electrons. The maximum Gasteiger partial charge on any atom is 0.573 e. The maximum atomic E-state index is 13.1. The van der Waals surface area contributed by atoms with Crippen LogP contribution in [-0.2, 0) is 6.54 Å². The van der Waals surface area contributed by atoms with Crippen molar-refractivity contribution in [2.24, 2.45) is 0 Å². The van der Waals surface area contributed by atoms with Gasteiger partial charge >= 0.3 is 6.36 Å². The number of carbonyl (C=O) groups is 2. The molecular formula is C37H37ClF3N5O3. The van der Waals surface area contributed by atoms with E-state index in [0.29, 0.717) is 27.3 Å². The Morgan fingerprint density at radius 1 is 0.796 bits per heavy atom. The Morgan fingerprint density at radius 2 is 1.43 bits per heavy atom. The van der Waals surface area contributed by atoms with E-state index in [1.165, 1.54) is 24.3 Å². The number of nitrogens with zero attached hydrogens (tertiary/aromatic N) is 3. The van der Waals surface area contributed by atoms with E-state index < -0.39 is 6.36 Å². The lowest BCUT2D eigenvalue weighted by Gasteiger charge is -2.34. The van der Waals surface area contributed by atoms with Crippen molar-refractivity contribution in [3.8, 4) is 16.9 Å². The van der Waals surface area contributed by atoms with E-state index in [2.05, 4.69) is 37.3 Å². The van der Waals surface area contributed by atoms with Gasteiger partial charge < -0.3 is 20.3 Å². The first kappa shape index (κ1) is 34.3. The third kappa shape index (κ3) is 9.30.